The minimum Gasteiger partial charge on any atom is -0.380 e. The highest BCUT2D eigenvalue weighted by Crippen LogP contribution is 2.34. The molecule has 1 heterocycles. The first-order chi connectivity index (χ1) is 9.72. The Kier molecular flexibility index (Phi) is 3.90. The van der Waals surface area contributed by atoms with Crippen molar-refractivity contribution in [3.63, 3.8) is 0 Å². The molecule has 21 heavy (non-hydrogen) atoms. The molecule has 0 atom stereocenters. The smallest absolute Gasteiger partial charge is 0.380 e. The molecule has 2 rings (SSSR count). The zero-order valence-corrected chi connectivity index (χ0v) is 11.1. The van der Waals surface area contributed by atoms with E-state index < -0.39 is 26.1 Å². The van der Waals surface area contributed by atoms with Crippen LogP contribution in [0.4, 0.5) is 23.2 Å². The maximum Gasteiger partial charge on any atom is 0.501 e. The SMILES string of the molecule is O=S(=O)(c1cc(F)ccc1NCc1cn[nH]c1)C(F)(F)F. The lowest BCUT2D eigenvalue weighted by Crippen LogP contribution is -2.24. The number of alkyl halides is 3. The summed E-state index contributed by atoms with van der Waals surface area (Å²) >= 11 is 0. The summed E-state index contributed by atoms with van der Waals surface area (Å²) in [4.78, 5) is -1.15. The zero-order valence-electron chi connectivity index (χ0n) is 10.3. The van der Waals surface area contributed by atoms with Crippen LogP contribution in [0, 0.1) is 5.82 Å². The summed E-state index contributed by atoms with van der Waals surface area (Å²) in [6.45, 7) is 0.0303. The number of sulfone groups is 1. The van der Waals surface area contributed by atoms with Gasteiger partial charge < -0.3 is 5.32 Å². The van der Waals surface area contributed by atoms with Crippen molar-refractivity contribution in [2.75, 3.05) is 5.32 Å². The third kappa shape index (κ3) is 3.15. The van der Waals surface area contributed by atoms with Crippen molar-refractivity contribution < 1.29 is 26.0 Å². The molecule has 0 aliphatic rings. The number of aromatic amines is 1. The van der Waals surface area contributed by atoms with E-state index in [-0.39, 0.29) is 12.2 Å². The normalized spacial score (nSPS) is 12.4. The standard InChI is InChI=1S/C11H9F4N3O2S/c12-8-1-2-9(16-4-7-5-17-18-6-7)10(3-8)21(19,20)11(13,14)15/h1-3,5-6,16H,4H2,(H,17,18). The van der Waals surface area contributed by atoms with Crippen molar-refractivity contribution in [3.8, 4) is 0 Å². The van der Waals surface area contributed by atoms with Crippen LogP contribution in [-0.2, 0) is 16.4 Å². The van der Waals surface area contributed by atoms with Gasteiger partial charge in [-0.05, 0) is 18.2 Å². The van der Waals surface area contributed by atoms with Crippen molar-refractivity contribution in [3.05, 3.63) is 42.0 Å². The van der Waals surface area contributed by atoms with Gasteiger partial charge in [0.25, 0.3) is 9.84 Å². The van der Waals surface area contributed by atoms with E-state index in [1.54, 1.807) is 0 Å². The highest BCUT2D eigenvalue weighted by Gasteiger charge is 2.48. The second kappa shape index (κ2) is 5.35. The van der Waals surface area contributed by atoms with E-state index in [4.69, 9.17) is 0 Å². The number of benzene rings is 1. The van der Waals surface area contributed by atoms with E-state index in [9.17, 15) is 26.0 Å². The number of H-pyrrole nitrogens is 1. The molecule has 0 spiro atoms. The van der Waals surface area contributed by atoms with Gasteiger partial charge in [0.2, 0.25) is 0 Å². The van der Waals surface area contributed by atoms with Gasteiger partial charge in [-0.2, -0.15) is 18.3 Å². The minimum absolute atomic E-state index is 0.0303. The van der Waals surface area contributed by atoms with Gasteiger partial charge in [0, 0.05) is 18.3 Å². The van der Waals surface area contributed by atoms with Gasteiger partial charge in [-0.3, -0.25) is 5.10 Å². The van der Waals surface area contributed by atoms with Gasteiger partial charge in [-0.15, -0.1) is 0 Å². The van der Waals surface area contributed by atoms with E-state index in [0.29, 0.717) is 11.6 Å². The number of hydrogen-bond acceptors (Lipinski definition) is 4. The molecule has 2 aromatic rings. The van der Waals surface area contributed by atoms with Crippen LogP contribution in [0.2, 0.25) is 0 Å². The monoisotopic (exact) mass is 323 g/mol. The van der Waals surface area contributed by atoms with E-state index >= 15 is 0 Å². The largest absolute Gasteiger partial charge is 0.501 e. The summed E-state index contributed by atoms with van der Waals surface area (Å²) in [6, 6.07) is 2.14. The van der Waals surface area contributed by atoms with Crippen molar-refractivity contribution in [2.45, 2.75) is 16.9 Å². The van der Waals surface area contributed by atoms with Gasteiger partial charge in [0.15, 0.2) is 0 Å². The van der Waals surface area contributed by atoms with Crippen LogP contribution in [0.25, 0.3) is 0 Å². The number of hydrogen-bond donors (Lipinski definition) is 2. The van der Waals surface area contributed by atoms with Crippen molar-refractivity contribution in [1.82, 2.24) is 10.2 Å². The van der Waals surface area contributed by atoms with Gasteiger partial charge >= 0.3 is 5.51 Å². The van der Waals surface area contributed by atoms with Crippen LogP contribution < -0.4 is 5.32 Å². The van der Waals surface area contributed by atoms with E-state index in [1.807, 2.05) is 0 Å². The lowest BCUT2D eigenvalue weighted by Gasteiger charge is -2.14. The van der Waals surface area contributed by atoms with Crippen LogP contribution >= 0.6 is 0 Å². The first-order valence-electron chi connectivity index (χ1n) is 5.54. The highest BCUT2D eigenvalue weighted by atomic mass is 32.2. The molecule has 1 aromatic carbocycles. The third-order valence-corrected chi connectivity index (χ3v) is 4.10. The number of nitrogens with one attached hydrogen (secondary N) is 2. The van der Waals surface area contributed by atoms with Crippen LogP contribution in [0.5, 0.6) is 0 Å². The Balaban J connectivity index is 2.39. The van der Waals surface area contributed by atoms with Crippen LogP contribution in [0.3, 0.4) is 0 Å². The van der Waals surface area contributed by atoms with E-state index in [0.717, 1.165) is 12.1 Å². The highest BCUT2D eigenvalue weighted by molar-refractivity contribution is 7.92. The van der Waals surface area contributed by atoms with Crippen LogP contribution in [-0.4, -0.2) is 24.1 Å². The van der Waals surface area contributed by atoms with Gasteiger partial charge in [0.05, 0.1) is 11.9 Å². The molecule has 0 saturated carbocycles. The molecule has 1 aromatic heterocycles. The summed E-state index contributed by atoms with van der Waals surface area (Å²) in [5.74, 6) is -1.08. The number of nitrogens with zero attached hydrogens (tertiary/aromatic N) is 1. The van der Waals surface area contributed by atoms with Crippen LogP contribution in [0.15, 0.2) is 35.5 Å². The first-order valence-corrected chi connectivity index (χ1v) is 7.02. The van der Waals surface area contributed by atoms with E-state index in [2.05, 4.69) is 15.5 Å². The quantitative estimate of drug-likeness (QED) is 0.848. The molecule has 0 fully saturated rings. The lowest BCUT2D eigenvalue weighted by atomic mass is 10.3. The molecule has 114 valence electrons. The molecule has 0 saturated heterocycles. The Bertz CT molecular complexity index is 726. The van der Waals surface area contributed by atoms with Crippen LogP contribution in [0.1, 0.15) is 5.56 Å². The maximum atomic E-state index is 13.1. The molecule has 0 unspecified atom stereocenters. The topological polar surface area (TPSA) is 74.8 Å². The van der Waals surface area contributed by atoms with Crippen molar-refractivity contribution >= 4 is 15.5 Å². The van der Waals surface area contributed by atoms with E-state index in [1.165, 1.54) is 12.4 Å². The molecule has 10 heteroatoms. The summed E-state index contributed by atoms with van der Waals surface area (Å²) in [5.41, 5.74) is -5.25. The summed E-state index contributed by atoms with van der Waals surface area (Å²) < 4.78 is 73.8. The average Bonchev–Trinajstić information content (AvgIpc) is 2.89. The molecule has 0 aliphatic carbocycles. The number of halogens is 4. The maximum absolute atomic E-state index is 13.1. The molecular formula is C11H9F4N3O2S. The Labute approximate surface area is 116 Å². The summed E-state index contributed by atoms with van der Waals surface area (Å²) in [5, 5.41) is 8.65. The molecule has 0 amide bonds. The second-order valence-corrected chi connectivity index (χ2v) is 5.96. The van der Waals surface area contributed by atoms with Gasteiger partial charge in [-0.1, -0.05) is 0 Å². The van der Waals surface area contributed by atoms with Gasteiger partial charge in [-0.25, -0.2) is 12.8 Å². The Hall–Kier alpha value is -2.10. The molecular weight excluding hydrogens is 314 g/mol. The Morgan fingerprint density at radius 2 is 2.00 bits per heavy atom. The van der Waals surface area contributed by atoms with Crippen molar-refractivity contribution in [2.24, 2.45) is 0 Å². The summed E-state index contributed by atoms with van der Waals surface area (Å²) in [6.07, 6.45) is 2.89. The Morgan fingerprint density at radius 1 is 1.29 bits per heavy atom. The number of anilines is 1. The van der Waals surface area contributed by atoms with Crippen molar-refractivity contribution in [1.29, 1.82) is 0 Å². The zero-order chi connectivity index (χ0) is 15.7. The fraction of sp³-hybridized carbons (Fsp3) is 0.182. The second-order valence-electron chi connectivity index (χ2n) is 4.05. The summed E-state index contributed by atoms with van der Waals surface area (Å²) in [7, 11) is -5.65. The first kappa shape index (κ1) is 15.3. The third-order valence-electron chi connectivity index (χ3n) is 2.58. The molecule has 0 radical (unpaired) electrons. The molecule has 0 bridgehead atoms. The fourth-order valence-electron chi connectivity index (χ4n) is 1.56. The average molecular weight is 323 g/mol. The fourth-order valence-corrected chi connectivity index (χ4v) is 2.51. The molecule has 2 N–H and O–H groups in total. The number of aromatic nitrogens is 2. The predicted octanol–water partition coefficient (Wildman–Crippen LogP) is 2.45. The lowest BCUT2D eigenvalue weighted by molar-refractivity contribution is -0.0435. The molecule has 0 aliphatic heterocycles. The number of rotatable bonds is 4. The molecule has 5 nitrogen and oxygen atoms in total. The minimum atomic E-state index is -5.65. The Morgan fingerprint density at radius 3 is 2.57 bits per heavy atom. The van der Waals surface area contributed by atoms with Gasteiger partial charge in [0.1, 0.15) is 10.7 Å². The predicted molar refractivity (Wildman–Crippen MR) is 65.6 cm³/mol.